The number of nitrogens with zero attached hydrogens (tertiary/aromatic N) is 2. The normalized spacial score (nSPS) is 12.2. The molecule has 41 heavy (non-hydrogen) atoms. The molecule has 0 saturated carbocycles. The largest absolute Gasteiger partial charge is 0.352 e. The van der Waals surface area contributed by atoms with Crippen molar-refractivity contribution in [1.82, 2.24) is 10.2 Å². The van der Waals surface area contributed by atoms with Gasteiger partial charge in [-0.25, -0.2) is 8.42 Å². The van der Waals surface area contributed by atoms with Crippen LogP contribution in [0.3, 0.4) is 0 Å². The molecular formula is C31H37Cl2N3O4S. The van der Waals surface area contributed by atoms with Crippen molar-refractivity contribution in [2.24, 2.45) is 0 Å². The van der Waals surface area contributed by atoms with Gasteiger partial charge in [0.25, 0.3) is 10.0 Å². The molecular weight excluding hydrogens is 581 g/mol. The molecule has 0 aromatic heterocycles. The molecule has 3 aromatic rings. The maximum atomic E-state index is 14.2. The molecule has 0 aliphatic rings. The second-order valence-corrected chi connectivity index (χ2v) is 13.2. The van der Waals surface area contributed by atoms with Crippen LogP contribution in [-0.4, -0.2) is 43.8 Å². The van der Waals surface area contributed by atoms with Crippen LogP contribution in [0, 0.1) is 20.8 Å². The number of hydrogen-bond acceptors (Lipinski definition) is 4. The van der Waals surface area contributed by atoms with Crippen LogP contribution in [-0.2, 0) is 26.2 Å². The molecule has 0 saturated heterocycles. The minimum atomic E-state index is -4.15. The molecule has 3 aromatic carbocycles. The number of carbonyl (C=O) groups excluding carboxylic acids is 2. The van der Waals surface area contributed by atoms with Crippen molar-refractivity contribution in [3.63, 3.8) is 0 Å². The van der Waals surface area contributed by atoms with Crippen molar-refractivity contribution < 1.29 is 18.0 Å². The fourth-order valence-electron chi connectivity index (χ4n) is 4.57. The molecule has 0 radical (unpaired) electrons. The van der Waals surface area contributed by atoms with Crippen LogP contribution >= 0.6 is 23.2 Å². The van der Waals surface area contributed by atoms with Gasteiger partial charge in [-0.2, -0.15) is 0 Å². The molecule has 7 nitrogen and oxygen atoms in total. The molecule has 0 aliphatic heterocycles. The van der Waals surface area contributed by atoms with Crippen LogP contribution in [0.1, 0.15) is 49.4 Å². The van der Waals surface area contributed by atoms with Crippen molar-refractivity contribution in [2.45, 2.75) is 71.5 Å². The minimum Gasteiger partial charge on any atom is -0.352 e. The van der Waals surface area contributed by atoms with Gasteiger partial charge in [0.15, 0.2) is 0 Å². The standard InChI is InChI=1S/C31H37Cl2N3O4S/c1-7-28(31(38)34-20(2)3)35(18-24-11-12-25(32)17-27(24)33)30(37)19-36(29-15-10-22(5)16-23(29)6)41(39,40)26-13-8-21(4)9-14-26/h8-17,20,28H,7,18-19H2,1-6H3,(H,34,38). The highest BCUT2D eigenvalue weighted by atomic mass is 35.5. The predicted molar refractivity (Wildman–Crippen MR) is 166 cm³/mol. The van der Waals surface area contributed by atoms with Crippen LogP contribution in [0.2, 0.25) is 10.0 Å². The number of benzene rings is 3. The summed E-state index contributed by atoms with van der Waals surface area (Å²) in [6.45, 7) is 10.5. The zero-order chi connectivity index (χ0) is 30.5. The number of aryl methyl sites for hydroxylation is 3. The number of anilines is 1. The first-order chi connectivity index (χ1) is 19.2. The maximum Gasteiger partial charge on any atom is 0.264 e. The Labute approximate surface area is 253 Å². The lowest BCUT2D eigenvalue weighted by atomic mass is 10.1. The van der Waals surface area contributed by atoms with E-state index < -0.39 is 28.5 Å². The first-order valence-corrected chi connectivity index (χ1v) is 15.6. The van der Waals surface area contributed by atoms with E-state index in [0.29, 0.717) is 33.3 Å². The lowest BCUT2D eigenvalue weighted by molar-refractivity contribution is -0.140. The van der Waals surface area contributed by atoms with Gasteiger partial charge in [-0.15, -0.1) is 0 Å². The summed E-state index contributed by atoms with van der Waals surface area (Å²) in [4.78, 5) is 28.9. The Kier molecular flexibility index (Phi) is 10.9. The fourth-order valence-corrected chi connectivity index (χ4v) is 6.52. The van der Waals surface area contributed by atoms with E-state index in [1.807, 2.05) is 33.8 Å². The number of rotatable bonds is 11. The number of nitrogens with one attached hydrogen (secondary N) is 1. The topological polar surface area (TPSA) is 86.8 Å². The highest BCUT2D eigenvalue weighted by Gasteiger charge is 2.34. The smallest absolute Gasteiger partial charge is 0.264 e. The quantitative estimate of drug-likeness (QED) is 0.268. The Bertz CT molecular complexity index is 1510. The van der Waals surface area contributed by atoms with Crippen LogP contribution in [0.25, 0.3) is 0 Å². The zero-order valence-electron chi connectivity index (χ0n) is 24.2. The Morgan fingerprint density at radius 2 is 1.54 bits per heavy atom. The molecule has 10 heteroatoms. The number of carbonyl (C=O) groups is 2. The van der Waals surface area contributed by atoms with Crippen LogP contribution in [0.4, 0.5) is 5.69 Å². The van der Waals surface area contributed by atoms with E-state index in [1.165, 1.54) is 17.0 Å². The molecule has 0 aliphatic carbocycles. The molecule has 2 amide bonds. The lowest BCUT2D eigenvalue weighted by Crippen LogP contribution is -2.53. The molecule has 0 bridgehead atoms. The van der Waals surface area contributed by atoms with Crippen molar-refractivity contribution in [2.75, 3.05) is 10.8 Å². The predicted octanol–water partition coefficient (Wildman–Crippen LogP) is 6.45. The van der Waals surface area contributed by atoms with Crippen LogP contribution in [0.5, 0.6) is 0 Å². The van der Waals surface area contributed by atoms with Gasteiger partial charge in [0.1, 0.15) is 12.6 Å². The molecule has 1 N–H and O–H groups in total. The highest BCUT2D eigenvalue weighted by molar-refractivity contribution is 7.92. The van der Waals surface area contributed by atoms with Gasteiger partial charge in [0, 0.05) is 22.6 Å². The monoisotopic (exact) mass is 617 g/mol. The summed E-state index contributed by atoms with van der Waals surface area (Å²) in [6.07, 6.45) is 0.309. The summed E-state index contributed by atoms with van der Waals surface area (Å²) in [5.74, 6) is -0.877. The summed E-state index contributed by atoms with van der Waals surface area (Å²) in [5, 5.41) is 3.66. The molecule has 0 heterocycles. The third-order valence-corrected chi connectivity index (χ3v) is 9.04. The van der Waals surface area contributed by atoms with Crippen molar-refractivity contribution in [3.8, 4) is 0 Å². The van der Waals surface area contributed by atoms with Crippen molar-refractivity contribution in [3.05, 3.63) is 93.0 Å². The van der Waals surface area contributed by atoms with Gasteiger partial charge in [-0.3, -0.25) is 13.9 Å². The first-order valence-electron chi connectivity index (χ1n) is 13.4. The molecule has 0 spiro atoms. The van der Waals surface area contributed by atoms with E-state index in [9.17, 15) is 18.0 Å². The Morgan fingerprint density at radius 1 is 0.902 bits per heavy atom. The molecule has 0 fully saturated rings. The number of hydrogen-bond donors (Lipinski definition) is 1. The second kappa shape index (κ2) is 13.7. The summed E-state index contributed by atoms with van der Waals surface area (Å²) in [5.41, 5.74) is 3.53. The summed E-state index contributed by atoms with van der Waals surface area (Å²) < 4.78 is 29.2. The van der Waals surface area contributed by atoms with Crippen LogP contribution < -0.4 is 9.62 Å². The van der Waals surface area contributed by atoms with Gasteiger partial charge in [0.2, 0.25) is 11.8 Å². The van der Waals surface area contributed by atoms with E-state index in [1.54, 1.807) is 56.3 Å². The van der Waals surface area contributed by atoms with Gasteiger partial charge in [-0.1, -0.05) is 71.6 Å². The Balaban J connectivity index is 2.12. The van der Waals surface area contributed by atoms with Crippen molar-refractivity contribution >= 4 is 50.7 Å². The average Bonchev–Trinajstić information content (AvgIpc) is 2.88. The lowest BCUT2D eigenvalue weighted by Gasteiger charge is -2.34. The first kappa shape index (κ1) is 32.4. The van der Waals surface area contributed by atoms with Gasteiger partial charge in [-0.05, 0) is 82.5 Å². The highest BCUT2D eigenvalue weighted by Crippen LogP contribution is 2.29. The number of halogens is 2. The third kappa shape index (κ3) is 8.03. The number of amides is 2. The second-order valence-electron chi connectivity index (χ2n) is 10.5. The summed E-state index contributed by atoms with van der Waals surface area (Å²) in [6, 6.07) is 15.8. The van der Waals surface area contributed by atoms with E-state index in [0.717, 1.165) is 15.4 Å². The molecule has 1 atom stereocenters. The van der Waals surface area contributed by atoms with Crippen molar-refractivity contribution in [1.29, 1.82) is 0 Å². The van der Waals surface area contributed by atoms with Crippen LogP contribution in [0.15, 0.2) is 65.6 Å². The molecule has 220 valence electrons. The maximum absolute atomic E-state index is 14.2. The SMILES string of the molecule is CCC(C(=O)NC(C)C)N(Cc1ccc(Cl)cc1Cl)C(=O)CN(c1ccc(C)cc1C)S(=O)(=O)c1ccc(C)cc1. The van der Waals surface area contributed by atoms with E-state index >= 15 is 0 Å². The zero-order valence-corrected chi connectivity index (χ0v) is 26.6. The molecule has 3 rings (SSSR count). The summed E-state index contributed by atoms with van der Waals surface area (Å²) >= 11 is 12.6. The minimum absolute atomic E-state index is 0.00977. The Hall–Kier alpha value is -3.07. The van der Waals surface area contributed by atoms with Gasteiger partial charge < -0.3 is 10.2 Å². The van der Waals surface area contributed by atoms with Gasteiger partial charge in [0.05, 0.1) is 10.6 Å². The summed E-state index contributed by atoms with van der Waals surface area (Å²) in [7, 11) is -4.15. The average molecular weight is 619 g/mol. The Morgan fingerprint density at radius 3 is 2.10 bits per heavy atom. The van der Waals surface area contributed by atoms with Gasteiger partial charge >= 0.3 is 0 Å². The van der Waals surface area contributed by atoms with E-state index in [2.05, 4.69) is 5.32 Å². The van der Waals surface area contributed by atoms with E-state index in [-0.39, 0.29) is 23.4 Å². The van der Waals surface area contributed by atoms with E-state index in [4.69, 9.17) is 23.2 Å². The molecule has 1 unspecified atom stereocenters. The number of sulfonamides is 1. The third-order valence-electron chi connectivity index (χ3n) is 6.68. The fraction of sp³-hybridized carbons (Fsp3) is 0.355.